The molecule has 0 unspecified atom stereocenters. The molecule has 1 fully saturated rings. The Kier molecular flexibility index (Phi) is 3.65. The van der Waals surface area contributed by atoms with E-state index in [4.69, 9.17) is 10.2 Å². The Bertz CT molecular complexity index is 844. The molecule has 1 saturated heterocycles. The van der Waals surface area contributed by atoms with E-state index in [-0.39, 0.29) is 12.5 Å². The molecule has 1 atom stereocenters. The van der Waals surface area contributed by atoms with E-state index in [1.807, 2.05) is 43.3 Å². The maximum atomic E-state index is 13.2. The molecule has 2 N–H and O–H groups in total. The maximum Gasteiger partial charge on any atom is 0.239 e. The van der Waals surface area contributed by atoms with Crippen molar-refractivity contribution in [2.75, 3.05) is 24.5 Å². The molecule has 4 rings (SSSR count). The van der Waals surface area contributed by atoms with Gasteiger partial charge in [0.2, 0.25) is 11.8 Å². The third-order valence-electron chi connectivity index (χ3n) is 5.20. The minimum Gasteiger partial charge on any atom is -0.465 e. The summed E-state index contributed by atoms with van der Waals surface area (Å²) in [7, 11) is 0. The van der Waals surface area contributed by atoms with Crippen molar-refractivity contribution in [1.82, 2.24) is 4.90 Å². The van der Waals surface area contributed by atoms with Gasteiger partial charge in [0.25, 0.3) is 0 Å². The number of anilines is 1. The van der Waals surface area contributed by atoms with Gasteiger partial charge in [-0.05, 0) is 37.1 Å². The quantitative estimate of drug-likeness (QED) is 0.917. The molecule has 6 heteroatoms. The number of nitrogens with two attached hydrogens (primary N) is 1. The number of primary amides is 1. The number of benzene rings is 1. The molecule has 0 aliphatic carbocycles. The number of furan rings is 1. The molecule has 0 saturated carbocycles. The van der Waals surface area contributed by atoms with Crippen molar-refractivity contribution in [3.8, 4) is 0 Å². The molecule has 130 valence electrons. The lowest BCUT2D eigenvalue weighted by molar-refractivity contribution is -0.125. The van der Waals surface area contributed by atoms with E-state index in [1.54, 1.807) is 0 Å². The number of carbonyl (C=O) groups excluding carboxylic acids is 2. The van der Waals surface area contributed by atoms with Gasteiger partial charge in [-0.15, -0.1) is 0 Å². The first-order valence-electron chi connectivity index (χ1n) is 8.47. The number of fused-ring (bicyclic) bond motifs is 2. The standard InChI is InChI=1S/C19H21N3O3/c1-13-6-7-14(25-13)10-21-9-8-19(12-21)15-4-2-3-5-16(15)22(18(19)24)11-17(20)23/h2-7H,8-12H2,1H3,(H2,20,23)/t19-/m1/s1. The summed E-state index contributed by atoms with van der Waals surface area (Å²) in [6, 6.07) is 11.6. The van der Waals surface area contributed by atoms with Crippen LogP contribution in [-0.2, 0) is 21.5 Å². The number of amides is 2. The van der Waals surface area contributed by atoms with Crippen LogP contribution in [0, 0.1) is 6.92 Å². The number of para-hydroxylation sites is 1. The minimum atomic E-state index is -0.590. The van der Waals surface area contributed by atoms with E-state index in [0.717, 1.165) is 35.7 Å². The molecule has 1 aromatic heterocycles. The van der Waals surface area contributed by atoms with Crippen molar-refractivity contribution in [3.63, 3.8) is 0 Å². The van der Waals surface area contributed by atoms with Gasteiger partial charge in [-0.3, -0.25) is 14.5 Å². The van der Waals surface area contributed by atoms with Crippen molar-refractivity contribution in [1.29, 1.82) is 0 Å². The lowest BCUT2D eigenvalue weighted by atomic mass is 9.81. The van der Waals surface area contributed by atoms with E-state index in [0.29, 0.717) is 13.1 Å². The molecule has 1 spiro atoms. The molecule has 3 heterocycles. The highest BCUT2D eigenvalue weighted by Gasteiger charge is 2.54. The van der Waals surface area contributed by atoms with Gasteiger partial charge in [0.05, 0.1) is 12.0 Å². The molecule has 2 amide bonds. The zero-order valence-corrected chi connectivity index (χ0v) is 14.2. The van der Waals surface area contributed by atoms with Crippen LogP contribution >= 0.6 is 0 Å². The van der Waals surface area contributed by atoms with Gasteiger partial charge < -0.3 is 15.1 Å². The summed E-state index contributed by atoms with van der Waals surface area (Å²) in [5.41, 5.74) is 6.57. The van der Waals surface area contributed by atoms with Crippen molar-refractivity contribution in [2.24, 2.45) is 5.73 Å². The first-order valence-corrected chi connectivity index (χ1v) is 8.47. The first kappa shape index (κ1) is 15.9. The highest BCUT2D eigenvalue weighted by atomic mass is 16.3. The van der Waals surface area contributed by atoms with E-state index in [1.165, 1.54) is 4.90 Å². The molecule has 2 aliphatic heterocycles. The van der Waals surface area contributed by atoms with Crippen LogP contribution in [0.15, 0.2) is 40.8 Å². The molecule has 0 radical (unpaired) electrons. The van der Waals surface area contributed by atoms with Gasteiger partial charge in [0.15, 0.2) is 0 Å². The molecule has 6 nitrogen and oxygen atoms in total. The van der Waals surface area contributed by atoms with Crippen LogP contribution < -0.4 is 10.6 Å². The van der Waals surface area contributed by atoms with Gasteiger partial charge in [0, 0.05) is 18.8 Å². The van der Waals surface area contributed by atoms with Crippen LogP contribution in [0.4, 0.5) is 5.69 Å². The van der Waals surface area contributed by atoms with E-state index >= 15 is 0 Å². The Hall–Kier alpha value is -2.60. The van der Waals surface area contributed by atoms with Crippen LogP contribution in [-0.4, -0.2) is 36.3 Å². The van der Waals surface area contributed by atoms with Gasteiger partial charge in [0.1, 0.15) is 18.1 Å². The highest BCUT2D eigenvalue weighted by Crippen LogP contribution is 2.47. The second kappa shape index (κ2) is 5.74. The molecular formula is C19H21N3O3. The smallest absolute Gasteiger partial charge is 0.239 e. The highest BCUT2D eigenvalue weighted by molar-refractivity contribution is 6.11. The Balaban J connectivity index is 1.63. The second-order valence-corrected chi connectivity index (χ2v) is 6.93. The average Bonchev–Trinajstić information content (AvgIpc) is 3.24. The van der Waals surface area contributed by atoms with E-state index in [2.05, 4.69) is 4.90 Å². The zero-order valence-electron chi connectivity index (χ0n) is 14.2. The average molecular weight is 339 g/mol. The fourth-order valence-corrected chi connectivity index (χ4v) is 4.12. The Morgan fingerprint density at radius 2 is 2.08 bits per heavy atom. The molecule has 2 aliphatic rings. The van der Waals surface area contributed by atoms with Crippen molar-refractivity contribution < 1.29 is 14.0 Å². The first-order chi connectivity index (χ1) is 12.0. The van der Waals surface area contributed by atoms with Gasteiger partial charge in [-0.2, -0.15) is 0 Å². The SMILES string of the molecule is Cc1ccc(CN2CC[C@]3(C2)C(=O)N(CC(N)=O)c2ccccc23)o1. The number of aryl methyl sites for hydroxylation is 1. The van der Waals surface area contributed by atoms with Crippen molar-refractivity contribution in [3.05, 3.63) is 53.5 Å². The maximum absolute atomic E-state index is 13.2. The van der Waals surface area contributed by atoms with E-state index < -0.39 is 11.3 Å². The number of nitrogens with zero attached hydrogens (tertiary/aromatic N) is 2. The third kappa shape index (κ3) is 2.53. The van der Waals surface area contributed by atoms with Crippen molar-refractivity contribution >= 4 is 17.5 Å². The molecule has 0 bridgehead atoms. The van der Waals surface area contributed by atoms with Crippen LogP contribution in [0.25, 0.3) is 0 Å². The fourth-order valence-electron chi connectivity index (χ4n) is 4.12. The number of likely N-dealkylation sites (tertiary alicyclic amines) is 1. The lowest BCUT2D eigenvalue weighted by Crippen LogP contribution is -2.45. The summed E-state index contributed by atoms with van der Waals surface area (Å²) >= 11 is 0. The molecule has 1 aromatic carbocycles. The predicted octanol–water partition coefficient (Wildman–Crippen LogP) is 1.56. The zero-order chi connectivity index (χ0) is 17.6. The number of hydrogen-bond donors (Lipinski definition) is 1. The summed E-state index contributed by atoms with van der Waals surface area (Å²) < 4.78 is 5.67. The van der Waals surface area contributed by atoms with Crippen LogP contribution in [0.3, 0.4) is 0 Å². The summed E-state index contributed by atoms with van der Waals surface area (Å²) in [6.45, 7) is 3.96. The second-order valence-electron chi connectivity index (χ2n) is 6.93. The summed E-state index contributed by atoms with van der Waals surface area (Å²) in [4.78, 5) is 28.4. The van der Waals surface area contributed by atoms with Crippen LogP contribution in [0.2, 0.25) is 0 Å². The van der Waals surface area contributed by atoms with Crippen LogP contribution in [0.1, 0.15) is 23.5 Å². The largest absolute Gasteiger partial charge is 0.465 e. The predicted molar refractivity (Wildman–Crippen MR) is 93.0 cm³/mol. The number of rotatable bonds is 4. The van der Waals surface area contributed by atoms with Gasteiger partial charge in [-0.1, -0.05) is 18.2 Å². The van der Waals surface area contributed by atoms with Gasteiger partial charge >= 0.3 is 0 Å². The molecular weight excluding hydrogens is 318 g/mol. The Morgan fingerprint density at radius 1 is 1.28 bits per heavy atom. The minimum absolute atomic E-state index is 0.0226. The third-order valence-corrected chi connectivity index (χ3v) is 5.20. The lowest BCUT2D eigenvalue weighted by Gasteiger charge is -2.24. The summed E-state index contributed by atoms with van der Waals surface area (Å²) in [5.74, 6) is 1.27. The van der Waals surface area contributed by atoms with Gasteiger partial charge in [-0.25, -0.2) is 0 Å². The van der Waals surface area contributed by atoms with Crippen LogP contribution in [0.5, 0.6) is 0 Å². The monoisotopic (exact) mass is 339 g/mol. The summed E-state index contributed by atoms with van der Waals surface area (Å²) in [5, 5.41) is 0. The normalized spacial score (nSPS) is 22.8. The topological polar surface area (TPSA) is 79.8 Å². The number of carbonyl (C=O) groups is 2. The Morgan fingerprint density at radius 3 is 2.80 bits per heavy atom. The fraction of sp³-hybridized carbons (Fsp3) is 0.368. The summed E-state index contributed by atoms with van der Waals surface area (Å²) in [6.07, 6.45) is 0.734. The molecule has 2 aromatic rings. The van der Waals surface area contributed by atoms with Crippen molar-refractivity contribution in [2.45, 2.75) is 25.3 Å². The Labute approximate surface area is 146 Å². The van der Waals surface area contributed by atoms with E-state index in [9.17, 15) is 9.59 Å². The molecule has 25 heavy (non-hydrogen) atoms. The number of hydrogen-bond acceptors (Lipinski definition) is 4.